The van der Waals surface area contributed by atoms with Gasteiger partial charge in [0.05, 0.1) is 11.5 Å². The molecule has 0 atom stereocenters. The summed E-state index contributed by atoms with van der Waals surface area (Å²) in [4.78, 5) is 6.22. The number of nitrogens with zero attached hydrogens (tertiary/aromatic N) is 2. The van der Waals surface area contributed by atoms with Crippen molar-refractivity contribution in [2.75, 3.05) is 24.6 Å². The predicted octanol–water partition coefficient (Wildman–Crippen LogP) is 3.56. The van der Waals surface area contributed by atoms with Crippen molar-refractivity contribution in [2.24, 2.45) is 5.41 Å². The van der Waals surface area contributed by atoms with Gasteiger partial charge >= 0.3 is 6.18 Å². The molecule has 150 valence electrons. The number of rotatable bonds is 2. The van der Waals surface area contributed by atoms with Crippen molar-refractivity contribution >= 4 is 9.84 Å². The Bertz CT molecular complexity index is 818. The fraction of sp³-hybridized carbons (Fsp3) is 0.737. The highest BCUT2D eigenvalue weighted by molar-refractivity contribution is 7.92. The molecule has 0 amide bonds. The highest BCUT2D eigenvalue weighted by atomic mass is 32.2. The Morgan fingerprint density at radius 1 is 1.15 bits per heavy atom. The van der Waals surface area contributed by atoms with Crippen molar-refractivity contribution in [1.82, 2.24) is 9.88 Å². The maximum absolute atomic E-state index is 12.8. The van der Waals surface area contributed by atoms with E-state index in [0.717, 1.165) is 56.8 Å². The Balaban J connectivity index is 1.36. The van der Waals surface area contributed by atoms with E-state index in [2.05, 4.69) is 9.88 Å². The van der Waals surface area contributed by atoms with E-state index in [1.807, 2.05) is 0 Å². The van der Waals surface area contributed by atoms with Gasteiger partial charge in [-0.3, -0.25) is 4.90 Å². The first-order valence-electron chi connectivity index (χ1n) is 9.56. The maximum Gasteiger partial charge on any atom is 0.433 e. The van der Waals surface area contributed by atoms with Gasteiger partial charge in [-0.05, 0) is 63.1 Å². The Morgan fingerprint density at radius 2 is 1.81 bits per heavy atom. The van der Waals surface area contributed by atoms with Crippen LogP contribution in [-0.2, 0) is 16.0 Å². The Hall–Kier alpha value is -1.15. The van der Waals surface area contributed by atoms with Gasteiger partial charge < -0.3 is 0 Å². The van der Waals surface area contributed by atoms with Crippen molar-refractivity contribution < 1.29 is 21.6 Å². The normalized spacial score (nSPS) is 30.4. The molecule has 0 N–H and O–H groups in total. The average Bonchev–Trinajstić information content (AvgIpc) is 2.97. The van der Waals surface area contributed by atoms with Crippen LogP contribution in [0.1, 0.15) is 55.0 Å². The Morgan fingerprint density at radius 3 is 2.37 bits per heavy atom. The quantitative estimate of drug-likeness (QED) is 0.759. The summed E-state index contributed by atoms with van der Waals surface area (Å²) in [6.45, 7) is 3.51. The van der Waals surface area contributed by atoms with Gasteiger partial charge in [-0.1, -0.05) is 6.07 Å². The first kappa shape index (κ1) is 19.2. The number of pyridine rings is 1. The summed E-state index contributed by atoms with van der Waals surface area (Å²) in [7, 11) is -2.80. The lowest BCUT2D eigenvalue weighted by Gasteiger charge is -2.40. The molecule has 0 radical (unpaired) electrons. The first-order chi connectivity index (χ1) is 12.6. The second-order valence-corrected chi connectivity index (χ2v) is 10.7. The summed E-state index contributed by atoms with van der Waals surface area (Å²) in [5, 5.41) is 0. The topological polar surface area (TPSA) is 50.3 Å². The molecule has 0 bridgehead atoms. The molecule has 2 aliphatic heterocycles. The molecule has 3 aliphatic rings. The molecule has 4 rings (SSSR count). The summed E-state index contributed by atoms with van der Waals surface area (Å²) in [5.74, 6) is 0.932. The molecule has 4 nitrogen and oxygen atoms in total. The number of aryl methyl sites for hydroxylation is 1. The van der Waals surface area contributed by atoms with E-state index >= 15 is 0 Å². The SMILES string of the molecule is Cc1nc(C(F)(F)F)ccc1[C@H]1CC[C@H](N2CCC3(C2)CS(=O)(=O)C3)CC1. The number of hydrogen-bond acceptors (Lipinski definition) is 4. The zero-order chi connectivity index (χ0) is 19.4. The highest BCUT2D eigenvalue weighted by Gasteiger charge is 2.53. The minimum Gasteiger partial charge on any atom is -0.300 e. The van der Waals surface area contributed by atoms with Gasteiger partial charge in [0.1, 0.15) is 5.69 Å². The van der Waals surface area contributed by atoms with Crippen LogP contribution >= 0.6 is 0 Å². The number of halogens is 3. The number of sulfone groups is 1. The summed E-state index contributed by atoms with van der Waals surface area (Å²) in [6, 6.07) is 3.15. The van der Waals surface area contributed by atoms with Gasteiger partial charge in [-0.2, -0.15) is 13.2 Å². The molecule has 1 spiro atoms. The lowest BCUT2D eigenvalue weighted by Crippen LogP contribution is -2.51. The predicted molar refractivity (Wildman–Crippen MR) is 96.2 cm³/mol. The van der Waals surface area contributed by atoms with Crippen LogP contribution in [-0.4, -0.2) is 48.9 Å². The number of aromatic nitrogens is 1. The van der Waals surface area contributed by atoms with Crippen molar-refractivity contribution in [3.63, 3.8) is 0 Å². The fourth-order valence-electron chi connectivity index (χ4n) is 5.32. The van der Waals surface area contributed by atoms with E-state index < -0.39 is 21.7 Å². The smallest absolute Gasteiger partial charge is 0.300 e. The summed E-state index contributed by atoms with van der Waals surface area (Å²) in [5.41, 5.74) is 0.580. The van der Waals surface area contributed by atoms with Crippen LogP contribution in [0.25, 0.3) is 0 Å². The van der Waals surface area contributed by atoms with Gasteiger partial charge in [-0.25, -0.2) is 13.4 Å². The first-order valence-corrected chi connectivity index (χ1v) is 11.4. The second-order valence-electron chi connectivity index (χ2n) is 8.63. The maximum atomic E-state index is 12.8. The standard InChI is InChI=1S/C19H25F3N2O2S/c1-13-16(6-7-17(23-13)19(20,21)22)14-2-4-15(5-3-14)24-9-8-18(10-24)11-27(25,26)12-18/h6-7,14-15H,2-5,8-12H2,1H3/t14-,15-. The van der Waals surface area contributed by atoms with Crippen molar-refractivity contribution in [2.45, 2.75) is 57.2 Å². The largest absolute Gasteiger partial charge is 0.433 e. The molecule has 3 fully saturated rings. The third-order valence-corrected chi connectivity index (χ3v) is 8.69. The zero-order valence-corrected chi connectivity index (χ0v) is 16.2. The van der Waals surface area contributed by atoms with Crippen LogP contribution < -0.4 is 0 Å². The van der Waals surface area contributed by atoms with Crippen LogP contribution in [0.4, 0.5) is 13.2 Å². The second kappa shape index (κ2) is 6.44. The molecule has 3 heterocycles. The van der Waals surface area contributed by atoms with Crippen molar-refractivity contribution in [3.05, 3.63) is 29.1 Å². The van der Waals surface area contributed by atoms with Crippen LogP contribution in [0, 0.1) is 12.3 Å². The molecule has 0 unspecified atom stereocenters. The summed E-state index contributed by atoms with van der Waals surface area (Å²) < 4.78 is 61.5. The van der Waals surface area contributed by atoms with E-state index in [1.165, 1.54) is 0 Å². The summed E-state index contributed by atoms with van der Waals surface area (Å²) >= 11 is 0. The van der Waals surface area contributed by atoms with E-state index in [9.17, 15) is 21.6 Å². The van der Waals surface area contributed by atoms with Crippen molar-refractivity contribution in [3.8, 4) is 0 Å². The third kappa shape index (κ3) is 3.75. The minimum atomic E-state index is -4.40. The molecule has 1 saturated carbocycles. The average molecular weight is 402 g/mol. The van der Waals surface area contributed by atoms with Gasteiger partial charge in [0, 0.05) is 23.7 Å². The van der Waals surface area contributed by atoms with Gasteiger partial charge in [0.15, 0.2) is 9.84 Å². The Kier molecular flexibility index (Phi) is 4.57. The van der Waals surface area contributed by atoms with Crippen LogP contribution in [0.3, 0.4) is 0 Å². The monoisotopic (exact) mass is 402 g/mol. The molecule has 2 saturated heterocycles. The van der Waals surface area contributed by atoms with E-state index in [4.69, 9.17) is 0 Å². The molecule has 1 aromatic heterocycles. The molecule has 8 heteroatoms. The highest BCUT2D eigenvalue weighted by Crippen LogP contribution is 2.44. The van der Waals surface area contributed by atoms with Gasteiger partial charge in [-0.15, -0.1) is 0 Å². The molecule has 27 heavy (non-hydrogen) atoms. The fourth-order valence-corrected chi connectivity index (χ4v) is 7.57. The zero-order valence-electron chi connectivity index (χ0n) is 15.4. The lowest BCUT2D eigenvalue weighted by atomic mass is 9.80. The number of alkyl halides is 3. The molecular weight excluding hydrogens is 377 g/mol. The minimum absolute atomic E-state index is 0.0103. The molecule has 0 aromatic carbocycles. The number of hydrogen-bond donors (Lipinski definition) is 0. The van der Waals surface area contributed by atoms with E-state index in [1.54, 1.807) is 13.0 Å². The molecule has 1 aliphatic carbocycles. The molecular formula is C19H25F3N2O2S. The van der Waals surface area contributed by atoms with Crippen molar-refractivity contribution in [1.29, 1.82) is 0 Å². The van der Waals surface area contributed by atoms with Gasteiger partial charge in [0.25, 0.3) is 0 Å². The summed E-state index contributed by atoms with van der Waals surface area (Å²) in [6.07, 6.45) is 0.471. The van der Waals surface area contributed by atoms with E-state index in [0.29, 0.717) is 23.2 Å². The van der Waals surface area contributed by atoms with Gasteiger partial charge in [0.2, 0.25) is 0 Å². The van der Waals surface area contributed by atoms with Crippen LogP contribution in [0.5, 0.6) is 0 Å². The number of likely N-dealkylation sites (tertiary alicyclic amines) is 1. The third-order valence-electron chi connectivity index (χ3n) is 6.59. The van der Waals surface area contributed by atoms with E-state index in [-0.39, 0.29) is 11.3 Å². The van der Waals surface area contributed by atoms with Crippen LogP contribution in [0.2, 0.25) is 0 Å². The molecule has 1 aromatic rings. The Labute approximate surface area is 158 Å². The van der Waals surface area contributed by atoms with Crippen LogP contribution in [0.15, 0.2) is 12.1 Å². The lowest BCUT2D eigenvalue weighted by molar-refractivity contribution is -0.141.